The number of aryl methyl sites for hydroxylation is 1. The number of halogens is 1. The van der Waals surface area contributed by atoms with Crippen molar-refractivity contribution in [3.8, 4) is 5.75 Å². The Kier molecular flexibility index (Phi) is 7.10. The summed E-state index contributed by atoms with van der Waals surface area (Å²) in [5.41, 5.74) is 2.00. The van der Waals surface area contributed by atoms with Gasteiger partial charge in [0.1, 0.15) is 5.75 Å². The number of carbonyl (C=O) groups excluding carboxylic acids is 1. The van der Waals surface area contributed by atoms with E-state index in [1.165, 1.54) is 0 Å². The molecule has 6 heteroatoms. The zero-order valence-corrected chi connectivity index (χ0v) is 16.2. The smallest absolute Gasteiger partial charge is 0.258 e. The fourth-order valence-electron chi connectivity index (χ4n) is 3.05. The molecule has 5 nitrogen and oxygen atoms in total. The molecule has 0 radical (unpaired) electrons. The Morgan fingerprint density at radius 1 is 1.22 bits per heavy atom. The predicted molar refractivity (Wildman–Crippen MR) is 106 cm³/mol. The fraction of sp³-hybridized carbons (Fsp3) is 0.381. The molecule has 2 aromatic rings. The van der Waals surface area contributed by atoms with Gasteiger partial charge < -0.3 is 14.8 Å². The van der Waals surface area contributed by atoms with E-state index in [0.717, 1.165) is 44.0 Å². The van der Waals surface area contributed by atoms with Gasteiger partial charge in [-0.25, -0.2) is 0 Å². The highest BCUT2D eigenvalue weighted by Gasteiger charge is 2.20. The Bertz CT molecular complexity index is 748. The van der Waals surface area contributed by atoms with Crippen LogP contribution in [0.3, 0.4) is 0 Å². The molecule has 27 heavy (non-hydrogen) atoms. The van der Waals surface area contributed by atoms with Gasteiger partial charge in [-0.15, -0.1) is 0 Å². The van der Waals surface area contributed by atoms with Crippen LogP contribution in [0.2, 0.25) is 5.02 Å². The molecule has 0 unspecified atom stereocenters. The molecule has 0 aromatic heterocycles. The Labute approximate surface area is 165 Å². The van der Waals surface area contributed by atoms with Gasteiger partial charge in [0.25, 0.3) is 5.91 Å². The molecule has 1 amide bonds. The van der Waals surface area contributed by atoms with Gasteiger partial charge in [-0.05, 0) is 36.2 Å². The molecule has 2 aromatic carbocycles. The summed E-state index contributed by atoms with van der Waals surface area (Å²) in [5, 5.41) is 3.79. The average molecular weight is 389 g/mol. The number of rotatable bonds is 7. The monoisotopic (exact) mass is 388 g/mol. The van der Waals surface area contributed by atoms with Crippen LogP contribution in [-0.2, 0) is 9.53 Å². The third-order valence-electron chi connectivity index (χ3n) is 4.58. The number of hydrogen-bond acceptors (Lipinski definition) is 4. The molecule has 0 bridgehead atoms. The van der Waals surface area contributed by atoms with E-state index in [9.17, 15) is 4.79 Å². The largest absolute Gasteiger partial charge is 0.484 e. The first-order chi connectivity index (χ1) is 13.1. The van der Waals surface area contributed by atoms with Crippen LogP contribution in [0.5, 0.6) is 5.75 Å². The highest BCUT2D eigenvalue weighted by atomic mass is 35.5. The lowest BCUT2D eigenvalue weighted by Gasteiger charge is -2.31. The van der Waals surface area contributed by atoms with E-state index in [1.807, 2.05) is 43.3 Å². The Balaban J connectivity index is 1.60. The van der Waals surface area contributed by atoms with Crippen molar-refractivity contribution in [2.45, 2.75) is 13.0 Å². The molecule has 0 saturated carbocycles. The Morgan fingerprint density at radius 2 is 1.96 bits per heavy atom. The first kappa shape index (κ1) is 19.7. The van der Waals surface area contributed by atoms with Crippen LogP contribution in [0.15, 0.2) is 48.5 Å². The lowest BCUT2D eigenvalue weighted by Crippen LogP contribution is -2.44. The minimum atomic E-state index is -0.148. The van der Waals surface area contributed by atoms with Crippen LogP contribution < -0.4 is 10.1 Å². The summed E-state index contributed by atoms with van der Waals surface area (Å²) < 4.78 is 11.0. The van der Waals surface area contributed by atoms with E-state index in [-0.39, 0.29) is 18.6 Å². The number of nitrogens with one attached hydrogen (secondary N) is 1. The maximum atomic E-state index is 12.5. The molecule has 1 heterocycles. The molecule has 1 aliphatic rings. The van der Waals surface area contributed by atoms with Crippen LogP contribution in [-0.4, -0.2) is 50.3 Å². The van der Waals surface area contributed by atoms with E-state index in [1.54, 1.807) is 12.1 Å². The minimum absolute atomic E-state index is 0.0342. The lowest BCUT2D eigenvalue weighted by molar-refractivity contribution is -0.124. The van der Waals surface area contributed by atoms with Gasteiger partial charge in [-0.3, -0.25) is 9.69 Å². The fourth-order valence-corrected chi connectivity index (χ4v) is 3.17. The molecular weight excluding hydrogens is 364 g/mol. The third kappa shape index (κ3) is 5.96. The second-order valence-corrected chi connectivity index (χ2v) is 7.05. The highest BCUT2D eigenvalue weighted by molar-refractivity contribution is 6.31. The number of carbonyl (C=O) groups is 1. The first-order valence-electron chi connectivity index (χ1n) is 9.15. The SMILES string of the molecule is Cc1cc(OCC(=O)N[C@H](CN2CCOCC2)c2ccccc2)ccc1Cl. The van der Waals surface area contributed by atoms with Crippen molar-refractivity contribution in [1.82, 2.24) is 10.2 Å². The van der Waals surface area contributed by atoms with Gasteiger partial charge in [0.2, 0.25) is 0 Å². The molecule has 1 saturated heterocycles. The van der Waals surface area contributed by atoms with Crippen LogP contribution in [0, 0.1) is 6.92 Å². The standard InChI is InChI=1S/C21H25ClN2O3/c1-16-13-18(7-8-19(16)22)27-15-21(25)23-20(17-5-3-2-4-6-17)14-24-9-11-26-12-10-24/h2-8,13,20H,9-12,14-15H2,1H3,(H,23,25)/t20-/m1/s1. The molecule has 1 aliphatic heterocycles. The van der Waals surface area contributed by atoms with Crippen molar-refractivity contribution < 1.29 is 14.3 Å². The third-order valence-corrected chi connectivity index (χ3v) is 5.01. The van der Waals surface area contributed by atoms with Crippen molar-refractivity contribution >= 4 is 17.5 Å². The van der Waals surface area contributed by atoms with E-state index in [2.05, 4.69) is 10.2 Å². The molecule has 3 rings (SSSR count). The summed E-state index contributed by atoms with van der Waals surface area (Å²) in [6.45, 7) is 5.83. The topological polar surface area (TPSA) is 50.8 Å². The molecule has 0 aliphatic carbocycles. The average Bonchev–Trinajstić information content (AvgIpc) is 2.70. The number of ether oxygens (including phenoxy) is 2. The number of morpholine rings is 1. The maximum Gasteiger partial charge on any atom is 0.258 e. The number of benzene rings is 2. The van der Waals surface area contributed by atoms with Crippen molar-refractivity contribution in [3.63, 3.8) is 0 Å². The molecule has 1 fully saturated rings. The van der Waals surface area contributed by atoms with Crippen LogP contribution in [0.1, 0.15) is 17.2 Å². The van der Waals surface area contributed by atoms with E-state index < -0.39 is 0 Å². The van der Waals surface area contributed by atoms with Crippen molar-refractivity contribution in [2.75, 3.05) is 39.5 Å². The van der Waals surface area contributed by atoms with Crippen LogP contribution >= 0.6 is 11.6 Å². The van der Waals surface area contributed by atoms with Gasteiger partial charge >= 0.3 is 0 Å². The highest BCUT2D eigenvalue weighted by Crippen LogP contribution is 2.21. The van der Waals surface area contributed by atoms with Crippen LogP contribution in [0.25, 0.3) is 0 Å². The zero-order chi connectivity index (χ0) is 19.1. The minimum Gasteiger partial charge on any atom is -0.484 e. The quantitative estimate of drug-likeness (QED) is 0.791. The van der Waals surface area contributed by atoms with E-state index in [0.29, 0.717) is 10.8 Å². The van der Waals surface area contributed by atoms with Crippen molar-refractivity contribution in [3.05, 3.63) is 64.7 Å². The summed E-state index contributed by atoms with van der Waals surface area (Å²) in [5.74, 6) is 0.487. The van der Waals surface area contributed by atoms with Gasteiger partial charge in [-0.1, -0.05) is 41.9 Å². The second-order valence-electron chi connectivity index (χ2n) is 6.64. The maximum absolute atomic E-state index is 12.5. The van der Waals surface area contributed by atoms with E-state index in [4.69, 9.17) is 21.1 Å². The summed E-state index contributed by atoms with van der Waals surface area (Å²) in [6.07, 6.45) is 0. The first-order valence-corrected chi connectivity index (χ1v) is 9.53. The van der Waals surface area contributed by atoms with Crippen molar-refractivity contribution in [1.29, 1.82) is 0 Å². The van der Waals surface area contributed by atoms with Gasteiger partial charge in [0.05, 0.1) is 19.3 Å². The van der Waals surface area contributed by atoms with E-state index >= 15 is 0 Å². The second kappa shape index (κ2) is 9.74. The number of amides is 1. The normalized spacial score (nSPS) is 15.9. The summed E-state index contributed by atoms with van der Waals surface area (Å²) in [4.78, 5) is 14.8. The predicted octanol–water partition coefficient (Wildman–Crippen LogP) is 3.22. The zero-order valence-electron chi connectivity index (χ0n) is 15.5. The molecule has 0 spiro atoms. The van der Waals surface area contributed by atoms with Gasteiger partial charge in [0.15, 0.2) is 6.61 Å². The Morgan fingerprint density at radius 3 is 2.67 bits per heavy atom. The summed E-state index contributed by atoms with van der Waals surface area (Å²) in [7, 11) is 0. The number of hydrogen-bond donors (Lipinski definition) is 1. The number of nitrogens with zero attached hydrogens (tertiary/aromatic N) is 1. The molecule has 1 N–H and O–H groups in total. The van der Waals surface area contributed by atoms with Gasteiger partial charge in [-0.2, -0.15) is 0 Å². The Hall–Kier alpha value is -2.08. The molecular formula is C21H25ClN2O3. The van der Waals surface area contributed by atoms with Crippen molar-refractivity contribution in [2.24, 2.45) is 0 Å². The molecule has 144 valence electrons. The van der Waals surface area contributed by atoms with Crippen LogP contribution in [0.4, 0.5) is 0 Å². The summed E-state index contributed by atoms with van der Waals surface area (Å²) >= 11 is 6.02. The lowest BCUT2D eigenvalue weighted by atomic mass is 10.1. The van der Waals surface area contributed by atoms with Gasteiger partial charge in [0, 0.05) is 24.7 Å². The molecule has 1 atom stereocenters. The summed E-state index contributed by atoms with van der Waals surface area (Å²) in [6, 6.07) is 15.3.